The second kappa shape index (κ2) is 5.64. The van der Waals surface area contributed by atoms with E-state index in [1.165, 1.54) is 29.8 Å². The van der Waals surface area contributed by atoms with Crippen LogP contribution in [0.5, 0.6) is 0 Å². The molecule has 0 N–H and O–H groups in total. The molecule has 1 aromatic heterocycles. The molecule has 1 aliphatic heterocycles. The summed E-state index contributed by atoms with van der Waals surface area (Å²) < 4.78 is 5.33. The van der Waals surface area contributed by atoms with Crippen molar-refractivity contribution in [3.05, 3.63) is 21.9 Å². The number of morpholine rings is 1. The van der Waals surface area contributed by atoms with E-state index in [-0.39, 0.29) is 0 Å². The highest BCUT2D eigenvalue weighted by Gasteiger charge is 2.09. The van der Waals surface area contributed by atoms with E-state index in [4.69, 9.17) is 4.74 Å². The van der Waals surface area contributed by atoms with Crippen LogP contribution in [0.3, 0.4) is 0 Å². The minimum atomic E-state index is 0.915. The number of rotatable bonds is 4. The first-order valence-electron chi connectivity index (χ1n) is 5.69. The van der Waals surface area contributed by atoms with Gasteiger partial charge >= 0.3 is 0 Å². The third-order valence-corrected chi connectivity index (χ3v) is 3.90. The lowest BCUT2D eigenvalue weighted by Gasteiger charge is -2.26. The van der Waals surface area contributed by atoms with E-state index in [0.717, 1.165) is 26.3 Å². The molecule has 15 heavy (non-hydrogen) atoms. The Balaban J connectivity index is 1.65. The van der Waals surface area contributed by atoms with Gasteiger partial charge in [-0.15, -0.1) is 11.3 Å². The summed E-state index contributed by atoms with van der Waals surface area (Å²) in [6.07, 6.45) is 2.51. The smallest absolute Gasteiger partial charge is 0.0594 e. The van der Waals surface area contributed by atoms with Gasteiger partial charge in [-0.05, 0) is 43.3 Å². The number of hydrogen-bond donors (Lipinski definition) is 0. The van der Waals surface area contributed by atoms with Crippen LogP contribution >= 0.6 is 11.3 Å². The Morgan fingerprint density at radius 2 is 2.20 bits per heavy atom. The molecule has 0 aliphatic carbocycles. The largest absolute Gasteiger partial charge is 0.379 e. The Hall–Kier alpha value is -0.380. The highest BCUT2D eigenvalue weighted by molar-refractivity contribution is 7.10. The zero-order valence-electron chi connectivity index (χ0n) is 9.37. The SMILES string of the molecule is Cc1csc(CCCN2CCOCC2)c1. The van der Waals surface area contributed by atoms with Crippen LogP contribution in [0.1, 0.15) is 16.9 Å². The number of nitrogens with zero attached hydrogens (tertiary/aromatic N) is 1. The standard InChI is InChI=1S/C12H19NOS/c1-11-9-12(15-10-11)3-2-4-13-5-7-14-8-6-13/h9-10H,2-8H2,1H3. The van der Waals surface area contributed by atoms with Gasteiger partial charge in [-0.1, -0.05) is 0 Å². The first-order valence-corrected chi connectivity index (χ1v) is 6.57. The van der Waals surface area contributed by atoms with E-state index in [1.807, 2.05) is 11.3 Å². The fourth-order valence-corrected chi connectivity index (χ4v) is 2.84. The molecule has 0 spiro atoms. The fraction of sp³-hybridized carbons (Fsp3) is 0.667. The van der Waals surface area contributed by atoms with Crippen LogP contribution in [0.25, 0.3) is 0 Å². The molecule has 0 unspecified atom stereocenters. The van der Waals surface area contributed by atoms with Crippen molar-refractivity contribution < 1.29 is 4.74 Å². The Morgan fingerprint density at radius 3 is 2.87 bits per heavy atom. The lowest BCUT2D eigenvalue weighted by Crippen LogP contribution is -2.36. The monoisotopic (exact) mass is 225 g/mol. The van der Waals surface area contributed by atoms with Crippen LogP contribution in [-0.2, 0) is 11.2 Å². The molecule has 2 rings (SSSR count). The van der Waals surface area contributed by atoms with E-state index >= 15 is 0 Å². The Morgan fingerprint density at radius 1 is 1.40 bits per heavy atom. The van der Waals surface area contributed by atoms with Gasteiger partial charge in [-0.25, -0.2) is 0 Å². The predicted molar refractivity (Wildman–Crippen MR) is 64.6 cm³/mol. The predicted octanol–water partition coefficient (Wildman–Crippen LogP) is 2.32. The quantitative estimate of drug-likeness (QED) is 0.780. The van der Waals surface area contributed by atoms with E-state index < -0.39 is 0 Å². The zero-order valence-corrected chi connectivity index (χ0v) is 10.2. The molecule has 3 heteroatoms. The summed E-state index contributed by atoms with van der Waals surface area (Å²) in [7, 11) is 0. The average molecular weight is 225 g/mol. The molecule has 0 radical (unpaired) electrons. The Kier molecular flexibility index (Phi) is 4.18. The summed E-state index contributed by atoms with van der Waals surface area (Å²) in [5.41, 5.74) is 1.40. The first kappa shape index (κ1) is 11.1. The normalized spacial score (nSPS) is 18.2. The van der Waals surface area contributed by atoms with E-state index in [1.54, 1.807) is 0 Å². The van der Waals surface area contributed by atoms with Gasteiger partial charge in [0.1, 0.15) is 0 Å². The topological polar surface area (TPSA) is 12.5 Å². The fourth-order valence-electron chi connectivity index (χ4n) is 1.92. The lowest BCUT2D eigenvalue weighted by atomic mass is 10.2. The summed E-state index contributed by atoms with van der Waals surface area (Å²) in [5.74, 6) is 0. The van der Waals surface area contributed by atoms with Gasteiger partial charge in [0, 0.05) is 18.0 Å². The van der Waals surface area contributed by atoms with Crippen molar-refractivity contribution in [3.63, 3.8) is 0 Å². The average Bonchev–Trinajstić information content (AvgIpc) is 2.66. The van der Waals surface area contributed by atoms with Crippen LogP contribution in [0.4, 0.5) is 0 Å². The van der Waals surface area contributed by atoms with Gasteiger partial charge in [0.05, 0.1) is 13.2 Å². The zero-order chi connectivity index (χ0) is 10.5. The molecule has 0 atom stereocenters. The summed E-state index contributed by atoms with van der Waals surface area (Å²) >= 11 is 1.89. The van der Waals surface area contributed by atoms with E-state index in [2.05, 4.69) is 23.3 Å². The molecule has 1 aromatic rings. The lowest BCUT2D eigenvalue weighted by molar-refractivity contribution is 0.0375. The molecule has 1 aliphatic rings. The molecule has 1 fully saturated rings. The van der Waals surface area contributed by atoms with Crippen LogP contribution in [0, 0.1) is 6.92 Å². The minimum absolute atomic E-state index is 0.915. The van der Waals surface area contributed by atoms with Crippen molar-refractivity contribution in [2.24, 2.45) is 0 Å². The van der Waals surface area contributed by atoms with Crippen LogP contribution in [0.2, 0.25) is 0 Å². The second-order valence-corrected chi connectivity index (χ2v) is 5.14. The highest BCUT2D eigenvalue weighted by Crippen LogP contribution is 2.15. The molecule has 0 bridgehead atoms. The summed E-state index contributed by atoms with van der Waals surface area (Å²) in [6, 6.07) is 2.31. The maximum Gasteiger partial charge on any atom is 0.0594 e. The van der Waals surface area contributed by atoms with Gasteiger partial charge in [0.25, 0.3) is 0 Å². The maximum absolute atomic E-state index is 5.33. The van der Waals surface area contributed by atoms with Crippen molar-refractivity contribution in [1.82, 2.24) is 4.90 Å². The molecule has 0 saturated carbocycles. The molecule has 84 valence electrons. The molecule has 0 aromatic carbocycles. The molecular formula is C12H19NOS. The van der Waals surface area contributed by atoms with Gasteiger partial charge in [-0.2, -0.15) is 0 Å². The minimum Gasteiger partial charge on any atom is -0.379 e. The van der Waals surface area contributed by atoms with Crippen molar-refractivity contribution in [2.45, 2.75) is 19.8 Å². The van der Waals surface area contributed by atoms with Crippen LogP contribution < -0.4 is 0 Å². The second-order valence-electron chi connectivity index (χ2n) is 4.15. The third kappa shape index (κ3) is 3.59. The van der Waals surface area contributed by atoms with Gasteiger partial charge < -0.3 is 4.74 Å². The molecule has 0 amide bonds. The first-order chi connectivity index (χ1) is 7.34. The van der Waals surface area contributed by atoms with Gasteiger partial charge in [0.15, 0.2) is 0 Å². The molecule has 2 nitrogen and oxygen atoms in total. The van der Waals surface area contributed by atoms with Crippen molar-refractivity contribution in [1.29, 1.82) is 0 Å². The van der Waals surface area contributed by atoms with Gasteiger partial charge in [0.2, 0.25) is 0 Å². The third-order valence-electron chi connectivity index (χ3n) is 2.79. The molecule has 2 heterocycles. The number of ether oxygens (including phenoxy) is 1. The summed E-state index contributed by atoms with van der Waals surface area (Å²) in [6.45, 7) is 7.45. The van der Waals surface area contributed by atoms with Crippen molar-refractivity contribution in [3.8, 4) is 0 Å². The number of hydrogen-bond acceptors (Lipinski definition) is 3. The number of thiophene rings is 1. The number of aryl methyl sites for hydroxylation is 2. The Labute approximate surface area is 95.9 Å². The van der Waals surface area contributed by atoms with Crippen LogP contribution in [-0.4, -0.2) is 37.7 Å². The summed E-state index contributed by atoms with van der Waals surface area (Å²) in [5, 5.41) is 2.24. The highest BCUT2D eigenvalue weighted by atomic mass is 32.1. The maximum atomic E-state index is 5.33. The molecule has 1 saturated heterocycles. The van der Waals surface area contributed by atoms with E-state index in [9.17, 15) is 0 Å². The Bertz CT molecular complexity index is 292. The van der Waals surface area contributed by atoms with Crippen molar-refractivity contribution >= 4 is 11.3 Å². The summed E-state index contributed by atoms with van der Waals surface area (Å²) in [4.78, 5) is 4.03. The van der Waals surface area contributed by atoms with Crippen molar-refractivity contribution in [2.75, 3.05) is 32.8 Å². The molecular weight excluding hydrogens is 206 g/mol. The van der Waals surface area contributed by atoms with E-state index in [0.29, 0.717) is 0 Å². The van der Waals surface area contributed by atoms with Gasteiger partial charge in [-0.3, -0.25) is 4.90 Å². The van der Waals surface area contributed by atoms with Crippen LogP contribution in [0.15, 0.2) is 11.4 Å².